The molecule has 2 aromatic rings. The van der Waals surface area contributed by atoms with Gasteiger partial charge in [-0.05, 0) is 25.3 Å². The molecule has 0 aliphatic heterocycles. The van der Waals surface area contributed by atoms with Gasteiger partial charge < -0.3 is 5.32 Å². The summed E-state index contributed by atoms with van der Waals surface area (Å²) >= 11 is 0. The van der Waals surface area contributed by atoms with Crippen LogP contribution in [0.15, 0.2) is 12.3 Å². The summed E-state index contributed by atoms with van der Waals surface area (Å²) in [4.78, 5) is 12.4. The summed E-state index contributed by atoms with van der Waals surface area (Å²) in [6, 6.07) is 1.92. The van der Waals surface area contributed by atoms with E-state index in [9.17, 15) is 4.79 Å². The third-order valence-corrected chi connectivity index (χ3v) is 3.62. The Hall–Kier alpha value is -2.18. The van der Waals surface area contributed by atoms with E-state index in [0.29, 0.717) is 17.3 Å². The van der Waals surface area contributed by atoms with Crippen LogP contribution in [0.5, 0.6) is 0 Å². The molecule has 2 rings (SSSR count). The van der Waals surface area contributed by atoms with Crippen molar-refractivity contribution in [2.24, 2.45) is 13.0 Å². The number of carbonyl (C=O) groups excluding carboxylic acids is 1. The average molecular weight is 304 g/mol. The highest BCUT2D eigenvalue weighted by atomic mass is 16.2. The van der Waals surface area contributed by atoms with Crippen molar-refractivity contribution in [2.75, 3.05) is 0 Å². The number of hydrogen-bond donors (Lipinski definition) is 2. The molecule has 0 saturated heterocycles. The molecule has 0 aromatic carbocycles. The Kier molecular flexibility index (Phi) is 5.30. The second-order valence-electron chi connectivity index (χ2n) is 6.06. The van der Waals surface area contributed by atoms with Crippen LogP contribution < -0.4 is 5.32 Å². The summed E-state index contributed by atoms with van der Waals surface area (Å²) in [6.07, 6.45) is 4.90. The molecule has 2 N–H and O–H groups in total. The van der Waals surface area contributed by atoms with Crippen molar-refractivity contribution in [1.29, 1.82) is 0 Å². The van der Waals surface area contributed by atoms with Crippen LogP contribution in [0.25, 0.3) is 11.4 Å². The molecule has 0 aliphatic rings. The van der Waals surface area contributed by atoms with Crippen LogP contribution in [-0.4, -0.2) is 37.1 Å². The summed E-state index contributed by atoms with van der Waals surface area (Å²) in [5.41, 5.74) is 1.58. The average Bonchev–Trinajstić information content (AvgIpc) is 3.05. The van der Waals surface area contributed by atoms with Crippen molar-refractivity contribution in [3.05, 3.63) is 18.0 Å². The monoisotopic (exact) mass is 304 g/mol. The van der Waals surface area contributed by atoms with Gasteiger partial charge in [-0.2, -0.15) is 20.5 Å². The lowest BCUT2D eigenvalue weighted by Gasteiger charge is -2.14. The lowest BCUT2D eigenvalue weighted by atomic mass is 10.0. The van der Waals surface area contributed by atoms with E-state index in [4.69, 9.17) is 0 Å². The fourth-order valence-electron chi connectivity index (χ4n) is 2.37. The van der Waals surface area contributed by atoms with Gasteiger partial charge in [-0.15, -0.1) is 0 Å². The molecule has 7 heteroatoms. The first-order valence-electron chi connectivity index (χ1n) is 7.69. The van der Waals surface area contributed by atoms with Crippen molar-refractivity contribution >= 4 is 5.91 Å². The summed E-state index contributed by atoms with van der Waals surface area (Å²) in [5.74, 6) is 0.483. The molecule has 120 valence electrons. The summed E-state index contributed by atoms with van der Waals surface area (Å²) in [5, 5.41) is 17.7. The number of hydrogen-bond acceptors (Lipinski definition) is 4. The molecular formula is C15H24N6O. The smallest absolute Gasteiger partial charge is 0.274 e. The molecule has 0 bridgehead atoms. The zero-order valence-electron chi connectivity index (χ0n) is 13.6. The SMILES string of the molecule is CC(C)CCCC(C)NC(=O)c1n[nH]nc1-c1ccnn1C. The fourth-order valence-corrected chi connectivity index (χ4v) is 2.37. The van der Waals surface area contributed by atoms with Crippen molar-refractivity contribution in [3.63, 3.8) is 0 Å². The summed E-state index contributed by atoms with van der Waals surface area (Å²) < 4.78 is 1.67. The van der Waals surface area contributed by atoms with Crippen LogP contribution >= 0.6 is 0 Å². The van der Waals surface area contributed by atoms with Gasteiger partial charge in [0.15, 0.2) is 5.69 Å². The predicted molar refractivity (Wildman–Crippen MR) is 84.2 cm³/mol. The first-order chi connectivity index (χ1) is 10.5. The second kappa shape index (κ2) is 7.20. The number of amides is 1. The molecule has 0 aliphatic carbocycles. The van der Waals surface area contributed by atoms with E-state index in [-0.39, 0.29) is 11.9 Å². The number of H-pyrrole nitrogens is 1. The largest absolute Gasteiger partial charge is 0.348 e. The molecule has 1 atom stereocenters. The van der Waals surface area contributed by atoms with E-state index < -0.39 is 0 Å². The van der Waals surface area contributed by atoms with Crippen molar-refractivity contribution < 1.29 is 4.79 Å². The van der Waals surface area contributed by atoms with Gasteiger partial charge in [0.2, 0.25) is 0 Å². The topological polar surface area (TPSA) is 88.5 Å². The maximum absolute atomic E-state index is 12.4. The summed E-state index contributed by atoms with van der Waals surface area (Å²) in [7, 11) is 1.81. The number of aromatic nitrogens is 5. The van der Waals surface area contributed by atoms with E-state index >= 15 is 0 Å². The van der Waals surface area contributed by atoms with Crippen molar-refractivity contribution in [3.8, 4) is 11.4 Å². The van der Waals surface area contributed by atoms with Crippen molar-refractivity contribution in [1.82, 2.24) is 30.5 Å². The lowest BCUT2D eigenvalue weighted by Crippen LogP contribution is -2.33. The molecule has 0 spiro atoms. The Morgan fingerprint density at radius 1 is 1.32 bits per heavy atom. The Morgan fingerprint density at radius 3 is 2.73 bits per heavy atom. The number of aromatic amines is 1. The Labute approximate surface area is 130 Å². The molecule has 22 heavy (non-hydrogen) atoms. The number of aryl methyl sites for hydroxylation is 1. The van der Waals surface area contributed by atoms with Gasteiger partial charge in [-0.1, -0.05) is 26.7 Å². The van der Waals surface area contributed by atoms with E-state index in [1.807, 2.05) is 6.92 Å². The first kappa shape index (κ1) is 16.2. The van der Waals surface area contributed by atoms with Crippen LogP contribution in [0, 0.1) is 5.92 Å². The molecular weight excluding hydrogens is 280 g/mol. The molecule has 0 radical (unpaired) electrons. The molecule has 7 nitrogen and oxygen atoms in total. The van der Waals surface area contributed by atoms with Gasteiger partial charge in [0.1, 0.15) is 5.69 Å². The molecule has 2 heterocycles. The van der Waals surface area contributed by atoms with Gasteiger partial charge in [-0.25, -0.2) is 0 Å². The zero-order chi connectivity index (χ0) is 16.1. The molecule has 1 amide bonds. The van der Waals surface area contributed by atoms with Crippen LogP contribution in [-0.2, 0) is 7.05 Å². The second-order valence-corrected chi connectivity index (χ2v) is 6.06. The molecule has 1 unspecified atom stereocenters. The third kappa shape index (κ3) is 3.93. The summed E-state index contributed by atoms with van der Waals surface area (Å²) in [6.45, 7) is 6.43. The molecule has 0 saturated carbocycles. The molecule has 0 fully saturated rings. The van der Waals surface area contributed by atoms with E-state index in [1.165, 1.54) is 6.42 Å². The Morgan fingerprint density at radius 2 is 2.09 bits per heavy atom. The van der Waals surface area contributed by atoms with E-state index in [2.05, 4.69) is 39.7 Å². The van der Waals surface area contributed by atoms with Gasteiger partial charge in [0, 0.05) is 19.3 Å². The predicted octanol–water partition coefficient (Wildman–Crippen LogP) is 2.15. The maximum atomic E-state index is 12.4. The van der Waals surface area contributed by atoms with Crippen LogP contribution in [0.1, 0.15) is 50.5 Å². The highest BCUT2D eigenvalue weighted by molar-refractivity contribution is 5.97. The number of rotatable bonds is 7. The van der Waals surface area contributed by atoms with Crippen LogP contribution in [0.2, 0.25) is 0 Å². The fraction of sp³-hybridized carbons (Fsp3) is 0.600. The third-order valence-electron chi connectivity index (χ3n) is 3.62. The molecule has 2 aromatic heterocycles. The van der Waals surface area contributed by atoms with Gasteiger partial charge >= 0.3 is 0 Å². The van der Waals surface area contributed by atoms with Crippen LogP contribution in [0.4, 0.5) is 0 Å². The van der Waals surface area contributed by atoms with Crippen LogP contribution in [0.3, 0.4) is 0 Å². The van der Waals surface area contributed by atoms with Gasteiger partial charge in [0.05, 0.1) is 5.69 Å². The van der Waals surface area contributed by atoms with E-state index in [1.54, 1.807) is 24.0 Å². The Bertz CT molecular complexity index is 615. The number of carbonyl (C=O) groups is 1. The number of nitrogens with zero attached hydrogens (tertiary/aromatic N) is 4. The highest BCUT2D eigenvalue weighted by Crippen LogP contribution is 2.18. The Balaban J connectivity index is 1.99. The van der Waals surface area contributed by atoms with Gasteiger partial charge in [-0.3, -0.25) is 9.48 Å². The lowest BCUT2D eigenvalue weighted by molar-refractivity contribution is 0.0933. The highest BCUT2D eigenvalue weighted by Gasteiger charge is 2.21. The van der Waals surface area contributed by atoms with Gasteiger partial charge in [0.25, 0.3) is 5.91 Å². The van der Waals surface area contributed by atoms with E-state index in [0.717, 1.165) is 18.5 Å². The minimum atomic E-state index is -0.206. The first-order valence-corrected chi connectivity index (χ1v) is 7.69. The minimum absolute atomic E-state index is 0.113. The normalized spacial score (nSPS) is 12.6. The maximum Gasteiger partial charge on any atom is 0.274 e. The quantitative estimate of drug-likeness (QED) is 0.820. The standard InChI is InChI=1S/C15H24N6O/c1-10(2)6-5-7-11(3)17-15(22)14-13(18-20-19-14)12-8-9-16-21(12)4/h8-11H,5-7H2,1-4H3,(H,17,22)(H,18,19,20). The zero-order valence-corrected chi connectivity index (χ0v) is 13.6. The van der Waals surface area contributed by atoms with Crippen molar-refractivity contribution in [2.45, 2.75) is 46.1 Å². The number of nitrogens with one attached hydrogen (secondary N) is 2. The minimum Gasteiger partial charge on any atom is -0.348 e.